The Morgan fingerprint density at radius 2 is 1.86 bits per heavy atom. The second-order valence-corrected chi connectivity index (χ2v) is 5.22. The maximum atomic E-state index is 9.15. The SMILES string of the molecule is CCOC1(CSCC)Oc2ccccc2O1.CNC(=O)[O-]. The number of para-hydroxylation sites is 2. The van der Waals surface area contributed by atoms with E-state index in [4.69, 9.17) is 24.1 Å². The van der Waals surface area contributed by atoms with E-state index in [1.165, 1.54) is 7.05 Å². The van der Waals surface area contributed by atoms with Gasteiger partial charge in [0.05, 0.1) is 6.61 Å². The van der Waals surface area contributed by atoms with Gasteiger partial charge in [0.15, 0.2) is 11.5 Å². The Balaban J connectivity index is 0.000000383. The van der Waals surface area contributed by atoms with Crippen LogP contribution in [0.1, 0.15) is 13.8 Å². The Hall–Kier alpha value is -1.60. The first-order valence-electron chi connectivity index (χ1n) is 6.64. The number of ether oxygens (including phenoxy) is 3. The maximum Gasteiger partial charge on any atom is 0.381 e. The number of nitrogens with one attached hydrogen (secondary N) is 1. The van der Waals surface area contributed by atoms with Crippen molar-refractivity contribution in [2.24, 2.45) is 0 Å². The third kappa shape index (κ3) is 5.35. The van der Waals surface area contributed by atoms with E-state index in [9.17, 15) is 0 Å². The van der Waals surface area contributed by atoms with E-state index in [1.807, 2.05) is 36.5 Å². The van der Waals surface area contributed by atoms with Gasteiger partial charge in [-0.2, -0.15) is 11.8 Å². The van der Waals surface area contributed by atoms with Crippen LogP contribution >= 0.6 is 11.8 Å². The molecule has 0 spiro atoms. The molecule has 0 saturated carbocycles. The second-order valence-electron chi connectivity index (χ2n) is 3.94. The number of carboxylic acid groups (broad SMARTS) is 1. The van der Waals surface area contributed by atoms with E-state index in [0.717, 1.165) is 17.3 Å². The summed E-state index contributed by atoms with van der Waals surface area (Å²) in [6, 6.07) is 7.65. The van der Waals surface area contributed by atoms with Crippen LogP contribution in [0.25, 0.3) is 0 Å². The summed E-state index contributed by atoms with van der Waals surface area (Å²) in [5.41, 5.74) is 0. The van der Waals surface area contributed by atoms with Crippen molar-refractivity contribution in [2.75, 3.05) is 25.2 Å². The summed E-state index contributed by atoms with van der Waals surface area (Å²) < 4.78 is 17.2. The van der Waals surface area contributed by atoms with E-state index in [1.54, 1.807) is 11.8 Å². The average molecular weight is 314 g/mol. The summed E-state index contributed by atoms with van der Waals surface area (Å²) in [5, 5.41) is 11.0. The molecule has 0 unspecified atom stereocenters. The summed E-state index contributed by atoms with van der Waals surface area (Å²) >= 11 is 1.74. The molecule has 7 heteroatoms. The molecule has 21 heavy (non-hydrogen) atoms. The molecule has 0 aromatic heterocycles. The first kappa shape index (κ1) is 17.5. The lowest BCUT2D eigenvalue weighted by Crippen LogP contribution is -2.44. The zero-order chi connectivity index (χ0) is 15.7. The van der Waals surface area contributed by atoms with Gasteiger partial charge < -0.3 is 29.4 Å². The van der Waals surface area contributed by atoms with Gasteiger partial charge in [0.25, 0.3) is 0 Å². The van der Waals surface area contributed by atoms with Crippen LogP contribution in [0.5, 0.6) is 11.5 Å². The van der Waals surface area contributed by atoms with Gasteiger partial charge >= 0.3 is 5.97 Å². The smallest absolute Gasteiger partial charge is 0.381 e. The molecule has 1 amide bonds. The fraction of sp³-hybridized carbons (Fsp3) is 0.500. The van der Waals surface area contributed by atoms with Crippen LogP contribution in [-0.2, 0) is 4.74 Å². The van der Waals surface area contributed by atoms with Crippen molar-refractivity contribution in [1.82, 2.24) is 5.32 Å². The highest BCUT2D eigenvalue weighted by Gasteiger charge is 2.42. The molecule has 0 atom stereocenters. The molecule has 118 valence electrons. The molecular weight excluding hydrogens is 294 g/mol. The van der Waals surface area contributed by atoms with Gasteiger partial charge in [0.1, 0.15) is 11.8 Å². The molecule has 0 saturated heterocycles. The largest absolute Gasteiger partial charge is 0.530 e. The fourth-order valence-electron chi connectivity index (χ4n) is 1.58. The number of amides is 1. The minimum Gasteiger partial charge on any atom is -0.530 e. The molecular formula is C14H20NO5S-. The van der Waals surface area contributed by atoms with Gasteiger partial charge in [-0.25, -0.2) is 0 Å². The van der Waals surface area contributed by atoms with E-state index in [-0.39, 0.29) is 0 Å². The van der Waals surface area contributed by atoms with Crippen molar-refractivity contribution in [3.63, 3.8) is 0 Å². The van der Waals surface area contributed by atoms with E-state index < -0.39 is 12.1 Å². The van der Waals surface area contributed by atoms with E-state index in [2.05, 4.69) is 6.92 Å². The summed E-state index contributed by atoms with van der Waals surface area (Å²) in [4.78, 5) is 9.15. The maximum absolute atomic E-state index is 9.15. The number of hydrogen-bond donors (Lipinski definition) is 1. The molecule has 1 aliphatic rings. The highest BCUT2D eigenvalue weighted by molar-refractivity contribution is 7.99. The van der Waals surface area contributed by atoms with Crippen molar-refractivity contribution in [1.29, 1.82) is 0 Å². The number of rotatable bonds is 5. The summed E-state index contributed by atoms with van der Waals surface area (Å²) in [6.45, 7) is 4.61. The number of carbonyl (C=O) groups is 1. The molecule has 1 aromatic rings. The Bertz CT molecular complexity index is 430. The Morgan fingerprint density at radius 1 is 1.33 bits per heavy atom. The van der Waals surface area contributed by atoms with Gasteiger partial charge in [0.2, 0.25) is 0 Å². The van der Waals surface area contributed by atoms with Crippen molar-refractivity contribution in [3.8, 4) is 11.5 Å². The van der Waals surface area contributed by atoms with Gasteiger partial charge in [0, 0.05) is 7.05 Å². The lowest BCUT2D eigenvalue weighted by atomic mass is 10.3. The molecule has 1 N–H and O–H groups in total. The van der Waals surface area contributed by atoms with Crippen LogP contribution in [-0.4, -0.2) is 37.2 Å². The van der Waals surface area contributed by atoms with Crippen LogP contribution in [0.3, 0.4) is 0 Å². The second kappa shape index (κ2) is 8.63. The zero-order valence-corrected chi connectivity index (χ0v) is 13.2. The van der Waals surface area contributed by atoms with Crippen LogP contribution in [0, 0.1) is 0 Å². The van der Waals surface area contributed by atoms with Gasteiger partial charge in [-0.3, -0.25) is 0 Å². The lowest BCUT2D eigenvalue weighted by molar-refractivity contribution is -0.262. The monoisotopic (exact) mass is 314 g/mol. The van der Waals surface area contributed by atoms with Crippen molar-refractivity contribution >= 4 is 17.9 Å². The summed E-state index contributed by atoms with van der Waals surface area (Å²) in [7, 11) is 1.29. The predicted molar refractivity (Wildman–Crippen MR) is 79.5 cm³/mol. The normalized spacial score (nSPS) is 14.0. The van der Waals surface area contributed by atoms with E-state index >= 15 is 0 Å². The minimum atomic E-state index is -1.25. The first-order valence-corrected chi connectivity index (χ1v) is 7.79. The molecule has 0 aliphatic carbocycles. The molecule has 2 rings (SSSR count). The number of carbonyl (C=O) groups excluding carboxylic acids is 1. The topological polar surface area (TPSA) is 79.8 Å². The fourth-order valence-corrected chi connectivity index (χ4v) is 2.24. The highest BCUT2D eigenvalue weighted by atomic mass is 32.2. The van der Waals surface area contributed by atoms with Crippen LogP contribution in [0.4, 0.5) is 4.79 Å². The standard InChI is InChI=1S/C12H16O3S.C2H5NO2/c1-3-13-12(9-16-4-2)14-10-7-5-6-8-11(10)15-12;1-3-2(4)5/h5-8H,3-4,9H2,1-2H3;3H,1H3,(H,4,5)/p-1. The quantitative estimate of drug-likeness (QED) is 0.886. The van der Waals surface area contributed by atoms with E-state index in [0.29, 0.717) is 12.4 Å². The molecule has 1 aromatic carbocycles. The Labute approximate surface area is 128 Å². The zero-order valence-electron chi connectivity index (χ0n) is 12.4. The van der Waals surface area contributed by atoms with Gasteiger partial charge in [-0.15, -0.1) is 0 Å². The molecule has 0 fully saturated rings. The first-order chi connectivity index (χ1) is 10.1. The summed E-state index contributed by atoms with van der Waals surface area (Å²) in [6.07, 6.45) is -1.25. The molecule has 0 bridgehead atoms. The van der Waals surface area contributed by atoms with Crippen LogP contribution < -0.4 is 19.9 Å². The lowest BCUT2D eigenvalue weighted by Gasteiger charge is -2.26. The molecule has 1 heterocycles. The highest BCUT2D eigenvalue weighted by Crippen LogP contribution is 2.40. The minimum absolute atomic E-state index is 0.568. The van der Waals surface area contributed by atoms with Crippen LogP contribution in [0.15, 0.2) is 24.3 Å². The van der Waals surface area contributed by atoms with Crippen molar-refractivity contribution < 1.29 is 24.1 Å². The molecule has 1 aliphatic heterocycles. The van der Waals surface area contributed by atoms with Crippen molar-refractivity contribution in [2.45, 2.75) is 19.8 Å². The van der Waals surface area contributed by atoms with Gasteiger partial charge in [-0.1, -0.05) is 19.1 Å². The Morgan fingerprint density at radius 3 is 2.24 bits per heavy atom. The number of benzene rings is 1. The van der Waals surface area contributed by atoms with Gasteiger partial charge in [-0.05, 0) is 24.8 Å². The van der Waals surface area contributed by atoms with Crippen molar-refractivity contribution in [3.05, 3.63) is 24.3 Å². The number of thioether (sulfide) groups is 1. The third-order valence-corrected chi connectivity index (χ3v) is 3.40. The molecule has 0 radical (unpaired) electrons. The average Bonchev–Trinajstić information content (AvgIpc) is 2.84. The Kier molecular flexibility index (Phi) is 7.18. The summed E-state index contributed by atoms with van der Waals surface area (Å²) in [5.74, 6) is 2.27. The third-order valence-electron chi connectivity index (χ3n) is 2.43. The van der Waals surface area contributed by atoms with Crippen LogP contribution in [0.2, 0.25) is 0 Å². The number of fused-ring (bicyclic) bond motifs is 1. The number of hydrogen-bond acceptors (Lipinski definition) is 6. The molecule has 6 nitrogen and oxygen atoms in total. The predicted octanol–water partition coefficient (Wildman–Crippen LogP) is 1.45.